The number of nitrogens with two attached hydrogens (primary N) is 1. The number of aromatic nitrogens is 1. The number of rotatable bonds is 4. The second kappa shape index (κ2) is 6.21. The molecule has 2 aromatic rings. The van der Waals surface area contributed by atoms with Gasteiger partial charge in [-0.2, -0.15) is 0 Å². The minimum atomic E-state index is -1.09. The highest BCUT2D eigenvalue weighted by Gasteiger charge is 2.15. The molecule has 0 bridgehead atoms. The quantitative estimate of drug-likeness (QED) is 0.801. The van der Waals surface area contributed by atoms with Gasteiger partial charge in [0, 0.05) is 5.38 Å². The zero-order chi connectivity index (χ0) is 15.6. The number of hydrogen-bond donors (Lipinski definition) is 3. The highest BCUT2D eigenvalue weighted by atomic mass is 35.5. The number of aromatic carboxylic acids is 1. The van der Waals surface area contributed by atoms with Gasteiger partial charge in [0.2, 0.25) is 0 Å². The number of anilines is 1. The lowest BCUT2D eigenvalue weighted by Gasteiger charge is -2.06. The molecule has 0 spiro atoms. The third kappa shape index (κ3) is 3.57. The van der Waals surface area contributed by atoms with E-state index in [9.17, 15) is 9.59 Å². The van der Waals surface area contributed by atoms with E-state index in [0.29, 0.717) is 10.7 Å². The van der Waals surface area contributed by atoms with E-state index >= 15 is 0 Å². The summed E-state index contributed by atoms with van der Waals surface area (Å²) >= 11 is 7.24. The number of halogens is 1. The largest absolute Gasteiger partial charge is 0.478 e. The molecular weight excluding hydrogens is 314 g/mol. The number of carboxylic acid groups (broad SMARTS) is 1. The SMILES string of the molecule is CC(N)c1nc(C(=O)Nc2ccc(C(=O)O)cc2Cl)cs1. The van der Waals surface area contributed by atoms with Crippen LogP contribution in [0.25, 0.3) is 0 Å². The molecule has 0 aliphatic heterocycles. The molecule has 0 radical (unpaired) electrons. The fourth-order valence-corrected chi connectivity index (χ4v) is 2.52. The smallest absolute Gasteiger partial charge is 0.335 e. The lowest BCUT2D eigenvalue weighted by atomic mass is 10.2. The van der Waals surface area contributed by atoms with Gasteiger partial charge in [-0.25, -0.2) is 9.78 Å². The first-order valence-corrected chi connectivity index (χ1v) is 7.19. The average molecular weight is 326 g/mol. The summed E-state index contributed by atoms with van der Waals surface area (Å²) in [5.74, 6) is -1.51. The predicted octanol–water partition coefficient (Wildman–Crippen LogP) is 2.77. The maximum absolute atomic E-state index is 12.0. The molecular formula is C13H12ClN3O3S. The van der Waals surface area contributed by atoms with Crippen LogP contribution < -0.4 is 11.1 Å². The first-order chi connectivity index (χ1) is 9.88. The third-order valence-electron chi connectivity index (χ3n) is 2.61. The van der Waals surface area contributed by atoms with Gasteiger partial charge in [-0.05, 0) is 25.1 Å². The monoisotopic (exact) mass is 325 g/mol. The van der Waals surface area contributed by atoms with Gasteiger partial charge in [-0.1, -0.05) is 11.6 Å². The van der Waals surface area contributed by atoms with Crippen LogP contribution in [0, 0.1) is 0 Å². The molecule has 1 unspecified atom stereocenters. The molecule has 2 rings (SSSR count). The Hall–Kier alpha value is -1.96. The van der Waals surface area contributed by atoms with Crippen molar-refractivity contribution in [3.05, 3.63) is 44.9 Å². The summed E-state index contributed by atoms with van der Waals surface area (Å²) in [6.45, 7) is 1.78. The Balaban J connectivity index is 2.17. The maximum atomic E-state index is 12.0. The van der Waals surface area contributed by atoms with Gasteiger partial charge in [0.1, 0.15) is 10.7 Å². The number of amides is 1. The van der Waals surface area contributed by atoms with E-state index in [2.05, 4.69) is 10.3 Å². The van der Waals surface area contributed by atoms with Gasteiger partial charge in [0.25, 0.3) is 5.91 Å². The summed E-state index contributed by atoms with van der Waals surface area (Å²) in [6.07, 6.45) is 0. The van der Waals surface area contributed by atoms with Gasteiger partial charge < -0.3 is 16.2 Å². The van der Waals surface area contributed by atoms with Crippen molar-refractivity contribution in [1.29, 1.82) is 0 Å². The molecule has 0 aliphatic rings. The molecule has 0 aliphatic carbocycles. The Bertz CT molecular complexity index is 700. The summed E-state index contributed by atoms with van der Waals surface area (Å²) in [5.41, 5.74) is 6.30. The first-order valence-electron chi connectivity index (χ1n) is 5.93. The lowest BCUT2D eigenvalue weighted by molar-refractivity contribution is 0.0696. The van der Waals surface area contributed by atoms with Crippen LogP contribution in [0.15, 0.2) is 23.6 Å². The Morgan fingerprint density at radius 2 is 2.19 bits per heavy atom. The fourth-order valence-electron chi connectivity index (χ4n) is 1.54. The topological polar surface area (TPSA) is 105 Å². The first kappa shape index (κ1) is 15.4. The zero-order valence-corrected chi connectivity index (χ0v) is 12.5. The fraction of sp³-hybridized carbons (Fsp3) is 0.154. The molecule has 0 saturated carbocycles. The minimum absolute atomic E-state index is 0.0471. The van der Waals surface area contributed by atoms with Crippen molar-refractivity contribution in [2.75, 3.05) is 5.32 Å². The van der Waals surface area contributed by atoms with E-state index in [1.807, 2.05) is 0 Å². The molecule has 110 valence electrons. The van der Waals surface area contributed by atoms with E-state index in [1.165, 1.54) is 29.5 Å². The molecule has 0 fully saturated rings. The zero-order valence-electron chi connectivity index (χ0n) is 11.0. The highest BCUT2D eigenvalue weighted by molar-refractivity contribution is 7.09. The van der Waals surface area contributed by atoms with E-state index in [1.54, 1.807) is 12.3 Å². The van der Waals surface area contributed by atoms with Gasteiger partial charge in [0.15, 0.2) is 0 Å². The molecule has 6 nitrogen and oxygen atoms in total. The van der Waals surface area contributed by atoms with Crippen LogP contribution in [0.2, 0.25) is 5.02 Å². The predicted molar refractivity (Wildman–Crippen MR) is 81.1 cm³/mol. The molecule has 4 N–H and O–H groups in total. The van der Waals surface area contributed by atoms with Crippen molar-refractivity contribution >= 4 is 40.5 Å². The van der Waals surface area contributed by atoms with Crippen molar-refractivity contribution < 1.29 is 14.7 Å². The second-order valence-corrected chi connectivity index (χ2v) is 5.61. The van der Waals surface area contributed by atoms with E-state index in [4.69, 9.17) is 22.4 Å². The molecule has 1 aromatic carbocycles. The van der Waals surface area contributed by atoms with Crippen molar-refractivity contribution in [3.63, 3.8) is 0 Å². The molecule has 1 aromatic heterocycles. The average Bonchev–Trinajstić information content (AvgIpc) is 2.90. The summed E-state index contributed by atoms with van der Waals surface area (Å²) < 4.78 is 0. The number of nitrogens with one attached hydrogen (secondary N) is 1. The molecule has 8 heteroatoms. The Labute approximate surface area is 129 Å². The Kier molecular flexibility index (Phi) is 4.56. The van der Waals surface area contributed by atoms with Crippen LogP contribution in [0.4, 0.5) is 5.69 Å². The van der Waals surface area contributed by atoms with Crippen LogP contribution in [-0.2, 0) is 0 Å². The van der Waals surface area contributed by atoms with Gasteiger partial charge in [-0.3, -0.25) is 4.79 Å². The lowest BCUT2D eigenvalue weighted by Crippen LogP contribution is -2.14. The van der Waals surface area contributed by atoms with E-state index in [-0.39, 0.29) is 22.3 Å². The standard InChI is InChI=1S/C13H12ClN3O3S/c1-6(15)12-17-10(5-21-12)11(18)16-9-3-2-7(13(19)20)4-8(9)14/h2-6H,15H2,1H3,(H,16,18)(H,19,20). The molecule has 1 amide bonds. The van der Waals surface area contributed by atoms with Gasteiger partial charge in [-0.15, -0.1) is 11.3 Å². The number of thiazole rings is 1. The van der Waals surface area contributed by atoms with Crippen molar-refractivity contribution in [1.82, 2.24) is 4.98 Å². The van der Waals surface area contributed by atoms with Gasteiger partial charge in [0.05, 0.1) is 22.3 Å². The van der Waals surface area contributed by atoms with Crippen LogP contribution >= 0.6 is 22.9 Å². The van der Waals surface area contributed by atoms with Gasteiger partial charge >= 0.3 is 5.97 Å². The molecule has 1 atom stereocenters. The molecule has 1 heterocycles. The van der Waals surface area contributed by atoms with E-state index in [0.717, 1.165) is 0 Å². The van der Waals surface area contributed by atoms with E-state index < -0.39 is 11.9 Å². The summed E-state index contributed by atoms with van der Waals surface area (Å²) in [7, 11) is 0. The van der Waals surface area contributed by atoms with Crippen molar-refractivity contribution in [2.24, 2.45) is 5.73 Å². The number of carbonyl (C=O) groups is 2. The number of nitrogens with zero attached hydrogens (tertiary/aromatic N) is 1. The number of hydrogen-bond acceptors (Lipinski definition) is 5. The number of carboxylic acids is 1. The minimum Gasteiger partial charge on any atom is -0.478 e. The number of benzene rings is 1. The van der Waals surface area contributed by atoms with Crippen LogP contribution in [0.3, 0.4) is 0 Å². The summed E-state index contributed by atoms with van der Waals surface area (Å²) in [6, 6.07) is 3.82. The molecule has 0 saturated heterocycles. The maximum Gasteiger partial charge on any atom is 0.335 e. The van der Waals surface area contributed by atoms with Crippen LogP contribution in [-0.4, -0.2) is 22.0 Å². The van der Waals surface area contributed by atoms with Crippen LogP contribution in [0.5, 0.6) is 0 Å². The Morgan fingerprint density at radius 3 is 2.71 bits per heavy atom. The number of carbonyl (C=O) groups excluding carboxylic acids is 1. The Morgan fingerprint density at radius 1 is 1.48 bits per heavy atom. The summed E-state index contributed by atoms with van der Waals surface area (Å²) in [4.78, 5) is 27.0. The second-order valence-electron chi connectivity index (χ2n) is 4.31. The normalized spacial score (nSPS) is 12.0. The third-order valence-corrected chi connectivity index (χ3v) is 3.97. The van der Waals surface area contributed by atoms with Crippen LogP contribution in [0.1, 0.15) is 38.8 Å². The molecule has 21 heavy (non-hydrogen) atoms. The van der Waals surface area contributed by atoms with Crippen molar-refractivity contribution in [2.45, 2.75) is 13.0 Å². The highest BCUT2D eigenvalue weighted by Crippen LogP contribution is 2.24. The van der Waals surface area contributed by atoms with Crippen molar-refractivity contribution in [3.8, 4) is 0 Å². The summed E-state index contributed by atoms with van der Waals surface area (Å²) in [5, 5.41) is 13.8.